The molecule has 0 aromatic carbocycles. The molecule has 1 aliphatic carbocycles. The van der Waals surface area contributed by atoms with Crippen LogP contribution >= 0.6 is 0 Å². The molecular weight excluding hydrogens is 564 g/mol. The topological polar surface area (TPSA) is 118 Å². The molecule has 0 unspecified atom stereocenters. The number of carbonyl (C=O) groups excluding carboxylic acids is 2. The molecule has 2 aromatic heterocycles. The first-order valence-corrected chi connectivity index (χ1v) is 15.8. The van der Waals surface area contributed by atoms with Crippen molar-refractivity contribution in [3.05, 3.63) is 28.7 Å². The van der Waals surface area contributed by atoms with Gasteiger partial charge in [0.15, 0.2) is 5.69 Å². The summed E-state index contributed by atoms with van der Waals surface area (Å²) in [4.78, 5) is 44.0. The maximum atomic E-state index is 13.2. The van der Waals surface area contributed by atoms with Crippen LogP contribution in [0.3, 0.4) is 0 Å². The molecule has 0 radical (unpaired) electrons. The van der Waals surface area contributed by atoms with Gasteiger partial charge in [0.25, 0.3) is 5.91 Å². The molecule has 2 aromatic rings. The molecule has 0 spiro atoms. The second-order valence-corrected chi connectivity index (χ2v) is 13.9. The van der Waals surface area contributed by atoms with E-state index in [1.807, 2.05) is 36.4 Å². The monoisotopic (exact) mass is 610 g/mol. The first-order chi connectivity index (χ1) is 21.0. The first-order valence-electron chi connectivity index (χ1n) is 15.8. The van der Waals surface area contributed by atoms with Gasteiger partial charge < -0.3 is 33.8 Å². The maximum Gasteiger partial charge on any atom is 0.410 e. The summed E-state index contributed by atoms with van der Waals surface area (Å²) in [5.41, 5.74) is 2.82. The molecule has 13 heteroatoms. The lowest BCUT2D eigenvalue weighted by atomic mass is 10.0. The van der Waals surface area contributed by atoms with Crippen molar-refractivity contribution >= 4 is 17.8 Å². The van der Waals surface area contributed by atoms with Gasteiger partial charge in [-0.3, -0.25) is 9.48 Å². The van der Waals surface area contributed by atoms with E-state index in [4.69, 9.17) is 29.3 Å². The Hall–Kier alpha value is -3.45. The molecule has 44 heavy (non-hydrogen) atoms. The van der Waals surface area contributed by atoms with Gasteiger partial charge in [-0.2, -0.15) is 15.1 Å². The Balaban J connectivity index is 1.27. The van der Waals surface area contributed by atoms with Crippen LogP contribution in [0.4, 0.5) is 10.6 Å². The minimum atomic E-state index is -0.579. The van der Waals surface area contributed by atoms with Crippen molar-refractivity contribution in [2.75, 3.05) is 71.5 Å². The van der Waals surface area contributed by atoms with E-state index in [0.717, 1.165) is 61.7 Å². The second-order valence-electron chi connectivity index (χ2n) is 13.9. The molecule has 6 rings (SSSR count). The van der Waals surface area contributed by atoms with Crippen LogP contribution in [0.1, 0.15) is 67.5 Å². The third-order valence-electron chi connectivity index (χ3n) is 8.62. The van der Waals surface area contributed by atoms with Gasteiger partial charge in [-0.1, -0.05) is 0 Å². The van der Waals surface area contributed by atoms with Crippen molar-refractivity contribution in [2.45, 2.75) is 71.7 Å². The Bertz CT molecular complexity index is 1380. The standard InChI is InChI=1S/C31H46N8O5/c1-30(2,3)44-29(41)38-12-7-23-25(19-38)32-28(43-21-31(8-9-31)20-35(4)5)33-26(23)37-10-6-11-39-22(18-37)17-24(34-39)27(40)36-13-15-42-16-14-36/h17H,6-16,18-21H2,1-5H3. The number of amides is 2. The fraction of sp³-hybridized carbons (Fsp3) is 0.710. The predicted octanol–water partition coefficient (Wildman–Crippen LogP) is 2.57. The van der Waals surface area contributed by atoms with Gasteiger partial charge in [0, 0.05) is 50.2 Å². The highest BCUT2D eigenvalue weighted by Gasteiger charge is 2.44. The van der Waals surface area contributed by atoms with Gasteiger partial charge in [0.1, 0.15) is 11.4 Å². The zero-order valence-electron chi connectivity index (χ0n) is 26.8. The van der Waals surface area contributed by atoms with Crippen LogP contribution in [0, 0.1) is 5.41 Å². The summed E-state index contributed by atoms with van der Waals surface area (Å²) >= 11 is 0. The average molecular weight is 611 g/mol. The van der Waals surface area contributed by atoms with E-state index in [1.165, 1.54) is 0 Å². The molecule has 4 aliphatic rings. The third kappa shape index (κ3) is 6.93. The molecule has 0 bridgehead atoms. The number of morpholine rings is 1. The molecule has 240 valence electrons. The molecule has 2 fully saturated rings. The molecule has 1 saturated carbocycles. The Morgan fingerprint density at radius 1 is 1.02 bits per heavy atom. The highest BCUT2D eigenvalue weighted by molar-refractivity contribution is 5.92. The number of hydrogen-bond donors (Lipinski definition) is 0. The smallest absolute Gasteiger partial charge is 0.410 e. The van der Waals surface area contributed by atoms with Gasteiger partial charge in [0.2, 0.25) is 0 Å². The van der Waals surface area contributed by atoms with Crippen molar-refractivity contribution in [2.24, 2.45) is 5.41 Å². The van der Waals surface area contributed by atoms with E-state index in [1.54, 1.807) is 4.90 Å². The summed E-state index contributed by atoms with van der Waals surface area (Å²) in [6, 6.07) is 2.26. The van der Waals surface area contributed by atoms with Crippen molar-refractivity contribution in [3.63, 3.8) is 0 Å². The van der Waals surface area contributed by atoms with E-state index in [2.05, 4.69) is 23.9 Å². The van der Waals surface area contributed by atoms with Crippen LogP contribution in [-0.4, -0.2) is 119 Å². The molecule has 2 amide bonds. The van der Waals surface area contributed by atoms with Crippen LogP contribution in [0.2, 0.25) is 0 Å². The lowest BCUT2D eigenvalue weighted by Crippen LogP contribution is -2.41. The minimum Gasteiger partial charge on any atom is -0.463 e. The highest BCUT2D eigenvalue weighted by atomic mass is 16.6. The highest BCUT2D eigenvalue weighted by Crippen LogP contribution is 2.46. The van der Waals surface area contributed by atoms with E-state index in [9.17, 15) is 9.59 Å². The van der Waals surface area contributed by atoms with Crippen LogP contribution in [-0.2, 0) is 35.5 Å². The summed E-state index contributed by atoms with van der Waals surface area (Å²) in [5.74, 6) is 0.784. The molecule has 1 saturated heterocycles. The number of rotatable bonds is 7. The second kappa shape index (κ2) is 12.2. The molecular formula is C31H46N8O5. The zero-order chi connectivity index (χ0) is 31.1. The molecule has 0 N–H and O–H groups in total. The van der Waals surface area contributed by atoms with Crippen LogP contribution < -0.4 is 9.64 Å². The Morgan fingerprint density at radius 2 is 1.80 bits per heavy atom. The SMILES string of the molecule is CN(C)CC1(COc2nc3c(c(N4CCCn5nc(C(=O)N6CCOCC6)cc5C4)n2)CCN(C(=O)OC(C)(C)C)C3)CC1. The fourth-order valence-electron chi connectivity index (χ4n) is 6.29. The van der Waals surface area contributed by atoms with Crippen LogP contribution in [0.5, 0.6) is 6.01 Å². The van der Waals surface area contributed by atoms with Gasteiger partial charge in [-0.25, -0.2) is 4.79 Å². The Labute approximate surface area is 259 Å². The number of aromatic nitrogens is 4. The number of aryl methyl sites for hydroxylation is 1. The number of anilines is 1. The van der Waals surface area contributed by atoms with Crippen molar-refractivity contribution in [1.82, 2.24) is 34.4 Å². The molecule has 0 atom stereocenters. The molecule has 3 aliphatic heterocycles. The number of carbonyl (C=O) groups is 2. The Kier molecular flexibility index (Phi) is 8.44. The first kappa shape index (κ1) is 30.6. The lowest BCUT2D eigenvalue weighted by Gasteiger charge is -2.33. The van der Waals surface area contributed by atoms with E-state index < -0.39 is 5.60 Å². The summed E-state index contributed by atoms with van der Waals surface area (Å²) < 4.78 is 19.4. The average Bonchev–Trinajstić information content (AvgIpc) is 3.68. The number of hydrogen-bond acceptors (Lipinski definition) is 10. The van der Waals surface area contributed by atoms with Crippen molar-refractivity contribution in [3.8, 4) is 6.01 Å². The quantitative estimate of drug-likeness (QED) is 0.463. The number of nitrogens with zero attached hydrogens (tertiary/aromatic N) is 8. The van der Waals surface area contributed by atoms with Crippen molar-refractivity contribution < 1.29 is 23.8 Å². The molecule has 13 nitrogen and oxygen atoms in total. The van der Waals surface area contributed by atoms with Gasteiger partial charge in [-0.15, -0.1) is 0 Å². The van der Waals surface area contributed by atoms with Gasteiger partial charge >= 0.3 is 12.1 Å². The van der Waals surface area contributed by atoms with E-state index >= 15 is 0 Å². The summed E-state index contributed by atoms with van der Waals surface area (Å²) in [5, 5.41) is 4.70. The summed E-state index contributed by atoms with van der Waals surface area (Å²) in [6.07, 6.45) is 3.37. The van der Waals surface area contributed by atoms with Crippen molar-refractivity contribution in [1.29, 1.82) is 0 Å². The Morgan fingerprint density at radius 3 is 2.50 bits per heavy atom. The predicted molar refractivity (Wildman–Crippen MR) is 163 cm³/mol. The minimum absolute atomic E-state index is 0.0514. The largest absolute Gasteiger partial charge is 0.463 e. The van der Waals surface area contributed by atoms with Gasteiger partial charge in [0.05, 0.1) is 44.3 Å². The fourth-order valence-corrected chi connectivity index (χ4v) is 6.29. The third-order valence-corrected chi connectivity index (χ3v) is 8.62. The normalized spacial score (nSPS) is 19.7. The molecule has 5 heterocycles. The van der Waals surface area contributed by atoms with E-state index in [-0.39, 0.29) is 17.4 Å². The zero-order valence-corrected chi connectivity index (χ0v) is 26.8. The number of fused-ring (bicyclic) bond motifs is 2. The maximum absolute atomic E-state index is 13.2. The van der Waals surface area contributed by atoms with E-state index in [0.29, 0.717) is 70.7 Å². The van der Waals surface area contributed by atoms with Crippen LogP contribution in [0.25, 0.3) is 0 Å². The van der Waals surface area contributed by atoms with Crippen LogP contribution in [0.15, 0.2) is 6.07 Å². The summed E-state index contributed by atoms with van der Waals surface area (Å²) in [7, 11) is 4.17. The number of ether oxygens (including phenoxy) is 3. The van der Waals surface area contributed by atoms with Gasteiger partial charge in [-0.05, 0) is 66.6 Å². The lowest BCUT2D eigenvalue weighted by molar-refractivity contribution is 0.0219. The summed E-state index contributed by atoms with van der Waals surface area (Å²) in [6.45, 7) is 12.3.